The number of hydrogen-bond acceptors (Lipinski definition) is 4. The SMILES string of the molecule is Clc1ccccc1OCCc1nnc(-c2ccccc2)o1. The normalized spacial score (nSPS) is 10.5. The molecular weight excluding hydrogens is 288 g/mol. The molecule has 0 fully saturated rings. The Balaban J connectivity index is 1.60. The molecule has 0 radical (unpaired) electrons. The van der Waals surface area contributed by atoms with E-state index < -0.39 is 0 Å². The average Bonchev–Trinajstić information content (AvgIpc) is 2.99. The molecule has 0 aliphatic rings. The highest BCUT2D eigenvalue weighted by Gasteiger charge is 2.08. The minimum Gasteiger partial charge on any atom is -0.491 e. The summed E-state index contributed by atoms with van der Waals surface area (Å²) in [5.41, 5.74) is 0.906. The molecule has 0 aliphatic heterocycles. The zero-order chi connectivity index (χ0) is 14.5. The van der Waals surface area contributed by atoms with Crippen LogP contribution in [0.15, 0.2) is 59.0 Å². The van der Waals surface area contributed by atoms with Crippen molar-refractivity contribution in [3.05, 3.63) is 65.5 Å². The van der Waals surface area contributed by atoms with Crippen molar-refractivity contribution in [2.75, 3.05) is 6.61 Å². The van der Waals surface area contributed by atoms with Crippen molar-refractivity contribution in [1.82, 2.24) is 10.2 Å². The quantitative estimate of drug-likeness (QED) is 0.714. The second-order valence-corrected chi connectivity index (χ2v) is 4.80. The van der Waals surface area contributed by atoms with Gasteiger partial charge >= 0.3 is 0 Å². The molecule has 2 aromatic carbocycles. The Morgan fingerprint density at radius 3 is 2.52 bits per heavy atom. The van der Waals surface area contributed by atoms with Crippen LogP contribution in [0.4, 0.5) is 0 Å². The van der Waals surface area contributed by atoms with Gasteiger partial charge < -0.3 is 9.15 Å². The number of aromatic nitrogens is 2. The maximum atomic E-state index is 6.01. The van der Waals surface area contributed by atoms with Gasteiger partial charge in [-0.05, 0) is 24.3 Å². The number of nitrogens with zero attached hydrogens (tertiary/aromatic N) is 2. The highest BCUT2D eigenvalue weighted by molar-refractivity contribution is 6.32. The van der Waals surface area contributed by atoms with Gasteiger partial charge in [-0.2, -0.15) is 0 Å². The van der Waals surface area contributed by atoms with Gasteiger partial charge in [-0.1, -0.05) is 41.9 Å². The van der Waals surface area contributed by atoms with Crippen LogP contribution in [0, 0.1) is 0 Å². The Kier molecular flexibility index (Phi) is 4.17. The van der Waals surface area contributed by atoms with Crippen LogP contribution < -0.4 is 4.74 Å². The average molecular weight is 301 g/mol. The van der Waals surface area contributed by atoms with Crippen LogP contribution >= 0.6 is 11.6 Å². The van der Waals surface area contributed by atoms with Gasteiger partial charge in [0.2, 0.25) is 11.8 Å². The Bertz CT molecular complexity index is 713. The van der Waals surface area contributed by atoms with E-state index in [9.17, 15) is 0 Å². The lowest BCUT2D eigenvalue weighted by atomic mass is 10.2. The molecule has 1 aromatic heterocycles. The molecule has 0 saturated carbocycles. The van der Waals surface area contributed by atoms with Gasteiger partial charge in [-0.15, -0.1) is 10.2 Å². The summed E-state index contributed by atoms with van der Waals surface area (Å²) in [6.07, 6.45) is 0.533. The largest absolute Gasteiger partial charge is 0.491 e. The molecule has 0 bridgehead atoms. The summed E-state index contributed by atoms with van der Waals surface area (Å²) >= 11 is 6.01. The van der Waals surface area contributed by atoms with E-state index in [1.54, 1.807) is 6.07 Å². The fraction of sp³-hybridized carbons (Fsp3) is 0.125. The summed E-state index contributed by atoms with van der Waals surface area (Å²) in [5, 5.41) is 8.64. The van der Waals surface area contributed by atoms with E-state index in [0.717, 1.165) is 5.56 Å². The monoisotopic (exact) mass is 300 g/mol. The fourth-order valence-electron chi connectivity index (χ4n) is 1.86. The Hall–Kier alpha value is -2.33. The summed E-state index contributed by atoms with van der Waals surface area (Å²) in [7, 11) is 0. The predicted octanol–water partition coefficient (Wildman–Crippen LogP) is 4.01. The maximum absolute atomic E-state index is 6.01. The number of rotatable bonds is 5. The summed E-state index contributed by atoms with van der Waals surface area (Å²) in [6, 6.07) is 17.0. The molecule has 5 heteroatoms. The predicted molar refractivity (Wildman–Crippen MR) is 80.4 cm³/mol. The maximum Gasteiger partial charge on any atom is 0.247 e. The fourth-order valence-corrected chi connectivity index (χ4v) is 2.05. The molecule has 21 heavy (non-hydrogen) atoms. The standard InChI is InChI=1S/C16H13ClN2O2/c17-13-8-4-5-9-14(13)20-11-10-15-18-19-16(21-15)12-6-2-1-3-7-12/h1-9H,10-11H2. The zero-order valence-corrected chi connectivity index (χ0v) is 12.0. The van der Waals surface area contributed by atoms with E-state index >= 15 is 0 Å². The number of para-hydroxylation sites is 1. The first-order valence-electron chi connectivity index (χ1n) is 6.58. The Morgan fingerprint density at radius 1 is 0.952 bits per heavy atom. The van der Waals surface area contributed by atoms with Crippen LogP contribution in [0.2, 0.25) is 5.02 Å². The van der Waals surface area contributed by atoms with Gasteiger partial charge in [-0.25, -0.2) is 0 Å². The van der Waals surface area contributed by atoms with Crippen molar-refractivity contribution in [3.8, 4) is 17.2 Å². The van der Waals surface area contributed by atoms with Crippen LogP contribution in [-0.4, -0.2) is 16.8 Å². The summed E-state index contributed by atoms with van der Waals surface area (Å²) in [4.78, 5) is 0. The van der Waals surface area contributed by atoms with E-state index in [0.29, 0.717) is 35.6 Å². The van der Waals surface area contributed by atoms with Gasteiger partial charge in [0.25, 0.3) is 0 Å². The van der Waals surface area contributed by atoms with Crippen molar-refractivity contribution in [2.45, 2.75) is 6.42 Å². The summed E-state index contributed by atoms with van der Waals surface area (Å²) in [5.74, 6) is 1.71. The lowest BCUT2D eigenvalue weighted by Crippen LogP contribution is -2.01. The van der Waals surface area contributed by atoms with Crippen LogP contribution in [0.1, 0.15) is 5.89 Å². The van der Waals surface area contributed by atoms with Crippen LogP contribution in [-0.2, 0) is 6.42 Å². The van der Waals surface area contributed by atoms with Crippen molar-refractivity contribution < 1.29 is 9.15 Å². The van der Waals surface area contributed by atoms with E-state index in [1.807, 2.05) is 48.5 Å². The van der Waals surface area contributed by atoms with Crippen molar-refractivity contribution in [3.63, 3.8) is 0 Å². The third-order valence-corrected chi connectivity index (χ3v) is 3.21. The minimum absolute atomic E-state index is 0.431. The van der Waals surface area contributed by atoms with E-state index in [-0.39, 0.29) is 0 Å². The second kappa shape index (κ2) is 6.41. The molecule has 0 N–H and O–H groups in total. The van der Waals surface area contributed by atoms with E-state index in [2.05, 4.69) is 10.2 Å². The van der Waals surface area contributed by atoms with Crippen LogP contribution in [0.3, 0.4) is 0 Å². The first kappa shape index (κ1) is 13.6. The summed E-state index contributed by atoms with van der Waals surface area (Å²) < 4.78 is 11.2. The smallest absolute Gasteiger partial charge is 0.247 e. The van der Waals surface area contributed by atoms with Crippen LogP contribution in [0.25, 0.3) is 11.5 Å². The van der Waals surface area contributed by atoms with Crippen molar-refractivity contribution in [2.24, 2.45) is 0 Å². The molecule has 1 heterocycles. The van der Waals surface area contributed by atoms with Crippen molar-refractivity contribution in [1.29, 1.82) is 0 Å². The topological polar surface area (TPSA) is 48.2 Å². The zero-order valence-electron chi connectivity index (χ0n) is 11.2. The van der Waals surface area contributed by atoms with Crippen molar-refractivity contribution >= 4 is 11.6 Å². The first-order chi connectivity index (χ1) is 10.3. The lowest BCUT2D eigenvalue weighted by molar-refractivity contribution is 0.307. The molecule has 3 rings (SSSR count). The third-order valence-electron chi connectivity index (χ3n) is 2.90. The molecule has 0 aliphatic carbocycles. The number of halogens is 1. The molecule has 0 atom stereocenters. The van der Waals surface area contributed by atoms with E-state index in [4.69, 9.17) is 20.8 Å². The van der Waals surface area contributed by atoms with E-state index in [1.165, 1.54) is 0 Å². The Morgan fingerprint density at radius 2 is 1.71 bits per heavy atom. The highest BCUT2D eigenvalue weighted by atomic mass is 35.5. The Labute approximate surface area is 127 Å². The molecule has 4 nitrogen and oxygen atoms in total. The second-order valence-electron chi connectivity index (χ2n) is 4.40. The molecule has 0 unspecified atom stereocenters. The number of hydrogen-bond donors (Lipinski definition) is 0. The van der Waals surface area contributed by atoms with Gasteiger partial charge in [0.1, 0.15) is 5.75 Å². The molecule has 3 aromatic rings. The van der Waals surface area contributed by atoms with Crippen LogP contribution in [0.5, 0.6) is 5.75 Å². The molecule has 0 saturated heterocycles. The molecule has 0 amide bonds. The molecule has 106 valence electrons. The highest BCUT2D eigenvalue weighted by Crippen LogP contribution is 2.23. The minimum atomic E-state index is 0.431. The molecular formula is C16H13ClN2O2. The number of ether oxygens (including phenoxy) is 1. The first-order valence-corrected chi connectivity index (χ1v) is 6.96. The van der Waals surface area contributed by atoms with Gasteiger partial charge in [0, 0.05) is 5.56 Å². The molecule has 0 spiro atoms. The van der Waals surface area contributed by atoms with Gasteiger partial charge in [0.15, 0.2) is 0 Å². The summed E-state index contributed by atoms with van der Waals surface area (Å²) in [6.45, 7) is 0.431. The third kappa shape index (κ3) is 3.41. The van der Waals surface area contributed by atoms with Gasteiger partial charge in [-0.3, -0.25) is 0 Å². The number of benzene rings is 2. The lowest BCUT2D eigenvalue weighted by Gasteiger charge is -2.05. The van der Waals surface area contributed by atoms with Gasteiger partial charge in [0.05, 0.1) is 18.1 Å².